The van der Waals surface area contributed by atoms with E-state index in [9.17, 15) is 13.6 Å². The summed E-state index contributed by atoms with van der Waals surface area (Å²) in [6.45, 7) is 1.96. The number of esters is 1. The van der Waals surface area contributed by atoms with Crippen molar-refractivity contribution in [2.75, 3.05) is 6.61 Å². The third-order valence-corrected chi connectivity index (χ3v) is 1.67. The van der Waals surface area contributed by atoms with Gasteiger partial charge in [0.15, 0.2) is 0 Å². The van der Waals surface area contributed by atoms with Crippen molar-refractivity contribution in [2.24, 2.45) is 0 Å². The van der Waals surface area contributed by atoms with E-state index in [2.05, 4.69) is 0 Å². The van der Waals surface area contributed by atoms with Gasteiger partial charge in [0.05, 0.1) is 12.2 Å². The summed E-state index contributed by atoms with van der Waals surface area (Å²) in [4.78, 5) is 11.1. The van der Waals surface area contributed by atoms with Crippen molar-refractivity contribution < 1.29 is 18.3 Å². The van der Waals surface area contributed by atoms with Gasteiger partial charge in [-0.3, -0.25) is 0 Å². The van der Waals surface area contributed by atoms with Gasteiger partial charge in [0, 0.05) is 5.56 Å². The van der Waals surface area contributed by atoms with Crippen LogP contribution >= 0.6 is 0 Å². The van der Waals surface area contributed by atoms with Gasteiger partial charge in [-0.1, -0.05) is 12.1 Å². The van der Waals surface area contributed by atoms with Gasteiger partial charge in [-0.05, 0) is 19.1 Å². The maximum atomic E-state index is 12.1. The lowest BCUT2D eigenvalue weighted by molar-refractivity contribution is 0.0526. The summed E-state index contributed by atoms with van der Waals surface area (Å²) in [6.07, 6.45) is -2.51. The molecule has 0 radical (unpaired) electrons. The van der Waals surface area contributed by atoms with Crippen LogP contribution in [0.15, 0.2) is 24.3 Å². The molecule has 1 aromatic rings. The number of carbonyl (C=O) groups is 1. The number of ether oxygens (including phenoxy) is 1. The number of benzene rings is 1. The first-order valence-electron chi connectivity index (χ1n) is 4.20. The van der Waals surface area contributed by atoms with E-state index in [4.69, 9.17) is 4.74 Å². The molecule has 0 fully saturated rings. The van der Waals surface area contributed by atoms with Crippen molar-refractivity contribution in [3.05, 3.63) is 35.4 Å². The van der Waals surface area contributed by atoms with Crippen LogP contribution in [0.5, 0.6) is 0 Å². The first-order chi connectivity index (χ1) is 6.65. The predicted molar refractivity (Wildman–Crippen MR) is 47.4 cm³/mol. The Bertz CT molecular complexity index is 306. The molecule has 76 valence electrons. The largest absolute Gasteiger partial charge is 0.462 e. The van der Waals surface area contributed by atoms with Crippen LogP contribution in [0.25, 0.3) is 0 Å². The molecule has 1 aromatic carbocycles. The fourth-order valence-corrected chi connectivity index (χ4v) is 0.979. The molecule has 0 aliphatic carbocycles. The SMILES string of the molecule is CCOC(=O)c1ccc(C(F)F)cc1. The molecule has 0 amide bonds. The Morgan fingerprint density at radius 2 is 1.93 bits per heavy atom. The summed E-state index contributed by atoms with van der Waals surface area (Å²) in [5.74, 6) is -0.492. The Balaban J connectivity index is 2.78. The summed E-state index contributed by atoms with van der Waals surface area (Å²) in [5, 5.41) is 0. The van der Waals surface area contributed by atoms with Crippen molar-refractivity contribution in [1.29, 1.82) is 0 Å². The summed E-state index contributed by atoms with van der Waals surface area (Å²) in [6, 6.07) is 5.10. The van der Waals surface area contributed by atoms with Crippen molar-refractivity contribution in [3.8, 4) is 0 Å². The van der Waals surface area contributed by atoms with Crippen LogP contribution in [-0.4, -0.2) is 12.6 Å². The minimum absolute atomic E-state index is 0.0990. The molecule has 0 heterocycles. The zero-order valence-electron chi connectivity index (χ0n) is 7.67. The van der Waals surface area contributed by atoms with E-state index in [1.165, 1.54) is 24.3 Å². The van der Waals surface area contributed by atoms with Crippen molar-refractivity contribution in [1.82, 2.24) is 0 Å². The molecule has 1 rings (SSSR count). The van der Waals surface area contributed by atoms with Gasteiger partial charge in [-0.15, -0.1) is 0 Å². The van der Waals surface area contributed by atoms with E-state index in [0.29, 0.717) is 0 Å². The van der Waals surface area contributed by atoms with E-state index < -0.39 is 12.4 Å². The highest BCUT2D eigenvalue weighted by molar-refractivity contribution is 5.89. The van der Waals surface area contributed by atoms with E-state index in [0.717, 1.165) is 0 Å². The lowest BCUT2D eigenvalue weighted by atomic mass is 10.1. The molecule has 0 atom stereocenters. The van der Waals surface area contributed by atoms with Crippen LogP contribution in [-0.2, 0) is 4.74 Å². The van der Waals surface area contributed by atoms with Crippen LogP contribution in [0.3, 0.4) is 0 Å². The normalized spacial score (nSPS) is 10.3. The van der Waals surface area contributed by atoms with Crippen LogP contribution in [0.2, 0.25) is 0 Å². The first-order valence-corrected chi connectivity index (χ1v) is 4.20. The standard InChI is InChI=1S/C10H10F2O2/c1-2-14-10(13)8-5-3-7(4-6-8)9(11)12/h3-6,9H,2H2,1H3. The summed E-state index contributed by atoms with van der Waals surface area (Å²) in [5.41, 5.74) is 0.189. The maximum Gasteiger partial charge on any atom is 0.338 e. The molecule has 0 N–H and O–H groups in total. The Morgan fingerprint density at radius 1 is 1.36 bits per heavy atom. The average Bonchev–Trinajstić information content (AvgIpc) is 2.18. The van der Waals surface area contributed by atoms with Gasteiger partial charge in [-0.25, -0.2) is 13.6 Å². The quantitative estimate of drug-likeness (QED) is 0.701. The van der Waals surface area contributed by atoms with Crippen molar-refractivity contribution in [2.45, 2.75) is 13.3 Å². The van der Waals surface area contributed by atoms with E-state index >= 15 is 0 Å². The van der Waals surface area contributed by atoms with Crippen LogP contribution < -0.4 is 0 Å². The minimum atomic E-state index is -2.51. The van der Waals surface area contributed by atoms with Crippen LogP contribution in [0, 0.1) is 0 Å². The minimum Gasteiger partial charge on any atom is -0.462 e. The number of alkyl halides is 2. The highest BCUT2D eigenvalue weighted by Gasteiger charge is 2.09. The fraction of sp³-hybridized carbons (Fsp3) is 0.300. The average molecular weight is 200 g/mol. The molecule has 0 spiro atoms. The topological polar surface area (TPSA) is 26.3 Å². The molecule has 2 nitrogen and oxygen atoms in total. The highest BCUT2D eigenvalue weighted by Crippen LogP contribution is 2.18. The molecule has 0 aromatic heterocycles. The van der Waals surface area contributed by atoms with Crippen LogP contribution in [0.1, 0.15) is 29.3 Å². The number of rotatable bonds is 3. The monoisotopic (exact) mass is 200 g/mol. The zero-order chi connectivity index (χ0) is 10.6. The molecular weight excluding hydrogens is 190 g/mol. The third kappa shape index (κ3) is 2.52. The first kappa shape index (κ1) is 10.6. The van der Waals surface area contributed by atoms with Gasteiger partial charge in [0.2, 0.25) is 0 Å². The molecule has 0 saturated heterocycles. The Hall–Kier alpha value is -1.45. The summed E-state index contributed by atoms with van der Waals surface area (Å²) >= 11 is 0. The van der Waals surface area contributed by atoms with E-state index in [-0.39, 0.29) is 17.7 Å². The molecule has 0 unspecified atom stereocenters. The lowest BCUT2D eigenvalue weighted by Crippen LogP contribution is -2.04. The predicted octanol–water partition coefficient (Wildman–Crippen LogP) is 2.80. The maximum absolute atomic E-state index is 12.1. The highest BCUT2D eigenvalue weighted by atomic mass is 19.3. The zero-order valence-corrected chi connectivity index (χ0v) is 7.67. The summed E-state index contributed by atoms with van der Waals surface area (Å²) in [7, 11) is 0. The second kappa shape index (κ2) is 4.69. The Labute approximate surface area is 80.5 Å². The van der Waals surface area contributed by atoms with Gasteiger partial charge >= 0.3 is 5.97 Å². The van der Waals surface area contributed by atoms with Gasteiger partial charge in [-0.2, -0.15) is 0 Å². The van der Waals surface area contributed by atoms with Gasteiger partial charge in [0.25, 0.3) is 6.43 Å². The Morgan fingerprint density at radius 3 is 2.36 bits per heavy atom. The number of hydrogen-bond donors (Lipinski definition) is 0. The number of hydrogen-bond acceptors (Lipinski definition) is 2. The van der Waals surface area contributed by atoms with Gasteiger partial charge in [0.1, 0.15) is 0 Å². The molecule has 0 bridgehead atoms. The molecule has 14 heavy (non-hydrogen) atoms. The van der Waals surface area contributed by atoms with E-state index in [1.54, 1.807) is 6.92 Å². The molecule has 0 aliphatic heterocycles. The number of carbonyl (C=O) groups excluding carboxylic acids is 1. The molecule has 0 saturated carbocycles. The Kier molecular flexibility index (Phi) is 3.56. The third-order valence-electron chi connectivity index (χ3n) is 1.67. The lowest BCUT2D eigenvalue weighted by Gasteiger charge is -2.02. The van der Waals surface area contributed by atoms with Crippen molar-refractivity contribution in [3.63, 3.8) is 0 Å². The van der Waals surface area contributed by atoms with Crippen LogP contribution in [0.4, 0.5) is 8.78 Å². The second-order valence-corrected chi connectivity index (χ2v) is 2.64. The van der Waals surface area contributed by atoms with E-state index in [1.807, 2.05) is 0 Å². The van der Waals surface area contributed by atoms with Crippen molar-refractivity contribution >= 4 is 5.97 Å². The number of halogens is 2. The molecule has 0 aliphatic rings. The molecular formula is C10H10F2O2. The fourth-order valence-electron chi connectivity index (χ4n) is 0.979. The van der Waals surface area contributed by atoms with Gasteiger partial charge < -0.3 is 4.74 Å². The molecule has 4 heteroatoms. The summed E-state index contributed by atoms with van der Waals surface area (Å²) < 4.78 is 29.0. The second-order valence-electron chi connectivity index (χ2n) is 2.64. The smallest absolute Gasteiger partial charge is 0.338 e.